The smallest absolute Gasteiger partial charge is 0.123 e. The first-order chi connectivity index (χ1) is 10.2. The molecule has 0 aliphatic heterocycles. The normalized spacial score (nSPS) is 12.4. The Morgan fingerprint density at radius 1 is 1.05 bits per heavy atom. The standard InChI is InChI=1S/C19H33NO/c1-5-7-8-9-10-11-12-18(20-6-2)17-15-16(3)13-14-19(17)21-4/h13-15,18,20H,5-12H2,1-4H3. The highest BCUT2D eigenvalue weighted by Gasteiger charge is 2.15. The molecular formula is C19H33NO. The summed E-state index contributed by atoms with van der Waals surface area (Å²) in [6, 6.07) is 6.89. The van der Waals surface area contributed by atoms with E-state index in [-0.39, 0.29) is 0 Å². The molecular weight excluding hydrogens is 258 g/mol. The third kappa shape index (κ3) is 6.52. The first-order valence-electron chi connectivity index (χ1n) is 8.60. The number of methoxy groups -OCH3 is 1. The molecule has 0 aromatic heterocycles. The van der Waals surface area contributed by atoms with E-state index in [1.54, 1.807) is 7.11 Å². The molecule has 0 aliphatic rings. The van der Waals surface area contributed by atoms with Crippen LogP contribution in [0, 0.1) is 6.92 Å². The zero-order valence-electron chi connectivity index (χ0n) is 14.4. The molecule has 0 amide bonds. The van der Waals surface area contributed by atoms with Crippen molar-refractivity contribution < 1.29 is 4.74 Å². The summed E-state index contributed by atoms with van der Waals surface area (Å²) in [7, 11) is 1.77. The van der Waals surface area contributed by atoms with E-state index in [9.17, 15) is 0 Å². The summed E-state index contributed by atoms with van der Waals surface area (Å²) in [5.74, 6) is 1.01. The molecule has 1 N–H and O–H groups in total. The van der Waals surface area contributed by atoms with Gasteiger partial charge in [0.2, 0.25) is 0 Å². The molecule has 21 heavy (non-hydrogen) atoms. The van der Waals surface area contributed by atoms with Crippen LogP contribution in [0.15, 0.2) is 18.2 Å². The van der Waals surface area contributed by atoms with Crippen molar-refractivity contribution in [2.24, 2.45) is 0 Å². The topological polar surface area (TPSA) is 21.3 Å². The predicted molar refractivity (Wildman–Crippen MR) is 92.1 cm³/mol. The highest BCUT2D eigenvalue weighted by molar-refractivity contribution is 5.39. The Hall–Kier alpha value is -1.02. The molecule has 0 aliphatic carbocycles. The molecule has 0 bridgehead atoms. The Bertz CT molecular complexity index is 389. The average molecular weight is 291 g/mol. The predicted octanol–water partition coefficient (Wildman–Crippen LogP) is 5.40. The number of ether oxygens (including phenoxy) is 1. The van der Waals surface area contributed by atoms with Gasteiger partial charge in [0.05, 0.1) is 7.11 Å². The van der Waals surface area contributed by atoms with E-state index in [0.29, 0.717) is 6.04 Å². The van der Waals surface area contributed by atoms with Gasteiger partial charge in [-0.2, -0.15) is 0 Å². The Morgan fingerprint density at radius 3 is 2.43 bits per heavy atom. The maximum absolute atomic E-state index is 5.55. The SMILES string of the molecule is CCCCCCCCC(NCC)c1cc(C)ccc1OC. The number of aryl methyl sites for hydroxylation is 1. The van der Waals surface area contributed by atoms with E-state index in [2.05, 4.69) is 44.3 Å². The lowest BCUT2D eigenvalue weighted by Gasteiger charge is -2.21. The minimum atomic E-state index is 0.413. The lowest BCUT2D eigenvalue weighted by Crippen LogP contribution is -2.21. The summed E-state index contributed by atoms with van der Waals surface area (Å²) in [5.41, 5.74) is 2.62. The van der Waals surface area contributed by atoms with Crippen molar-refractivity contribution in [2.45, 2.75) is 71.8 Å². The van der Waals surface area contributed by atoms with Gasteiger partial charge in [-0.05, 0) is 26.0 Å². The molecule has 0 heterocycles. The first-order valence-corrected chi connectivity index (χ1v) is 8.60. The summed E-state index contributed by atoms with van der Waals surface area (Å²) in [6.07, 6.45) is 9.28. The quantitative estimate of drug-likeness (QED) is 0.551. The van der Waals surface area contributed by atoms with Gasteiger partial charge in [0.15, 0.2) is 0 Å². The number of benzene rings is 1. The second-order valence-corrected chi connectivity index (χ2v) is 5.91. The molecule has 1 aromatic carbocycles. The lowest BCUT2D eigenvalue weighted by molar-refractivity contribution is 0.392. The Labute approximate surface area is 131 Å². The maximum atomic E-state index is 5.55. The van der Waals surface area contributed by atoms with Gasteiger partial charge in [0, 0.05) is 11.6 Å². The second kappa shape index (κ2) is 10.7. The number of hydrogen-bond donors (Lipinski definition) is 1. The summed E-state index contributed by atoms with van der Waals surface area (Å²) in [6.45, 7) is 7.59. The lowest BCUT2D eigenvalue weighted by atomic mass is 9.97. The molecule has 0 saturated heterocycles. The summed E-state index contributed by atoms with van der Waals surface area (Å²) >= 11 is 0. The molecule has 0 fully saturated rings. The second-order valence-electron chi connectivity index (χ2n) is 5.91. The summed E-state index contributed by atoms with van der Waals surface area (Å²) in [4.78, 5) is 0. The molecule has 0 radical (unpaired) electrons. The van der Waals surface area contributed by atoms with Gasteiger partial charge < -0.3 is 10.1 Å². The number of hydrogen-bond acceptors (Lipinski definition) is 2. The van der Waals surface area contributed by atoms with Crippen molar-refractivity contribution in [3.05, 3.63) is 29.3 Å². The fourth-order valence-electron chi connectivity index (χ4n) is 2.87. The molecule has 2 nitrogen and oxygen atoms in total. The Morgan fingerprint density at radius 2 is 1.76 bits per heavy atom. The highest BCUT2D eigenvalue weighted by atomic mass is 16.5. The minimum absolute atomic E-state index is 0.413. The van der Waals surface area contributed by atoms with Crippen molar-refractivity contribution in [1.29, 1.82) is 0 Å². The highest BCUT2D eigenvalue weighted by Crippen LogP contribution is 2.29. The number of rotatable bonds is 11. The molecule has 120 valence electrons. The molecule has 1 aromatic rings. The third-order valence-electron chi connectivity index (χ3n) is 4.06. The van der Waals surface area contributed by atoms with Gasteiger partial charge in [0.1, 0.15) is 5.75 Å². The average Bonchev–Trinajstić information content (AvgIpc) is 2.49. The van der Waals surface area contributed by atoms with Gasteiger partial charge in [-0.25, -0.2) is 0 Å². The van der Waals surface area contributed by atoms with E-state index < -0.39 is 0 Å². The fraction of sp³-hybridized carbons (Fsp3) is 0.684. The Kier molecular flexibility index (Phi) is 9.16. The van der Waals surface area contributed by atoms with Crippen LogP contribution >= 0.6 is 0 Å². The summed E-state index contributed by atoms with van der Waals surface area (Å²) < 4.78 is 5.55. The third-order valence-corrected chi connectivity index (χ3v) is 4.06. The van der Waals surface area contributed by atoms with Crippen LogP contribution in [0.1, 0.15) is 76.0 Å². The van der Waals surface area contributed by atoms with Gasteiger partial charge in [0.25, 0.3) is 0 Å². The van der Waals surface area contributed by atoms with E-state index in [1.165, 1.54) is 56.1 Å². The van der Waals surface area contributed by atoms with E-state index in [4.69, 9.17) is 4.74 Å². The number of nitrogens with one attached hydrogen (secondary N) is 1. The largest absolute Gasteiger partial charge is 0.496 e. The first kappa shape index (κ1) is 18.0. The van der Waals surface area contributed by atoms with Gasteiger partial charge in [-0.15, -0.1) is 0 Å². The van der Waals surface area contributed by atoms with E-state index >= 15 is 0 Å². The van der Waals surface area contributed by atoms with Crippen LogP contribution in [-0.4, -0.2) is 13.7 Å². The molecule has 1 rings (SSSR count). The zero-order chi connectivity index (χ0) is 15.5. The summed E-state index contributed by atoms with van der Waals surface area (Å²) in [5, 5.41) is 3.62. The van der Waals surface area contributed by atoms with Crippen LogP contribution < -0.4 is 10.1 Å². The minimum Gasteiger partial charge on any atom is -0.496 e. The molecule has 1 unspecified atom stereocenters. The van der Waals surface area contributed by atoms with Crippen LogP contribution in [0.5, 0.6) is 5.75 Å². The van der Waals surface area contributed by atoms with Crippen molar-refractivity contribution in [2.75, 3.05) is 13.7 Å². The van der Waals surface area contributed by atoms with Gasteiger partial charge in [-0.3, -0.25) is 0 Å². The molecule has 2 heteroatoms. The van der Waals surface area contributed by atoms with Crippen LogP contribution in [0.25, 0.3) is 0 Å². The Balaban J connectivity index is 2.58. The molecule has 0 spiro atoms. The van der Waals surface area contributed by atoms with Crippen LogP contribution in [0.4, 0.5) is 0 Å². The monoisotopic (exact) mass is 291 g/mol. The van der Waals surface area contributed by atoms with E-state index in [1.807, 2.05) is 0 Å². The van der Waals surface area contributed by atoms with Gasteiger partial charge >= 0.3 is 0 Å². The van der Waals surface area contributed by atoms with Crippen molar-refractivity contribution in [3.63, 3.8) is 0 Å². The number of unbranched alkanes of at least 4 members (excludes halogenated alkanes) is 5. The van der Waals surface area contributed by atoms with E-state index in [0.717, 1.165) is 12.3 Å². The van der Waals surface area contributed by atoms with Crippen LogP contribution in [0.3, 0.4) is 0 Å². The van der Waals surface area contributed by atoms with Crippen molar-refractivity contribution in [3.8, 4) is 5.75 Å². The van der Waals surface area contributed by atoms with Crippen LogP contribution in [-0.2, 0) is 0 Å². The van der Waals surface area contributed by atoms with Gasteiger partial charge in [-0.1, -0.05) is 70.1 Å². The van der Waals surface area contributed by atoms with Crippen molar-refractivity contribution in [1.82, 2.24) is 5.32 Å². The zero-order valence-corrected chi connectivity index (χ0v) is 14.4. The maximum Gasteiger partial charge on any atom is 0.123 e. The fourth-order valence-corrected chi connectivity index (χ4v) is 2.87. The van der Waals surface area contributed by atoms with Crippen molar-refractivity contribution >= 4 is 0 Å². The van der Waals surface area contributed by atoms with Crippen LogP contribution in [0.2, 0.25) is 0 Å². The molecule has 1 atom stereocenters. The molecule has 0 saturated carbocycles.